The van der Waals surface area contributed by atoms with Gasteiger partial charge in [-0.1, -0.05) is 6.92 Å². The summed E-state index contributed by atoms with van der Waals surface area (Å²) in [6.45, 7) is 11.9. The lowest BCUT2D eigenvalue weighted by Gasteiger charge is -2.29. The van der Waals surface area contributed by atoms with Crippen molar-refractivity contribution in [2.75, 3.05) is 0 Å². The van der Waals surface area contributed by atoms with Crippen LogP contribution in [-0.4, -0.2) is 39.8 Å². The molecule has 0 aliphatic heterocycles. The zero-order valence-corrected chi connectivity index (χ0v) is 13.3. The third-order valence-corrected chi connectivity index (χ3v) is 1.95. The number of nitrogens with zero attached hydrogens (tertiary/aromatic N) is 1. The molecule has 1 atom stereocenters. The Labute approximate surface area is 120 Å². The van der Waals surface area contributed by atoms with E-state index in [-0.39, 0.29) is 0 Å². The maximum Gasteiger partial charge on any atom is 0.436 e. The second-order valence-electron chi connectivity index (χ2n) is 6.40. The highest BCUT2D eigenvalue weighted by Crippen LogP contribution is 2.12. The minimum Gasteiger partial charge on any atom is -0.444 e. The molecule has 1 unspecified atom stereocenters. The number of hydrogen-bond donors (Lipinski definition) is 2. The maximum absolute atomic E-state index is 11.7. The third-order valence-electron chi connectivity index (χ3n) is 1.95. The van der Waals surface area contributed by atoms with Gasteiger partial charge in [0.15, 0.2) is 0 Å². The van der Waals surface area contributed by atoms with Crippen LogP contribution in [0, 0.1) is 0 Å². The molecule has 7 heteroatoms. The zero-order chi connectivity index (χ0) is 16.1. The Morgan fingerprint density at radius 2 is 1.55 bits per heavy atom. The number of hydroxylamine groups is 2. The fraction of sp³-hybridized carbons (Fsp3) is 0.846. The van der Waals surface area contributed by atoms with Crippen LogP contribution in [0.25, 0.3) is 0 Å². The highest BCUT2D eigenvalue weighted by molar-refractivity contribution is 5.70. The van der Waals surface area contributed by atoms with E-state index in [2.05, 4.69) is 5.32 Å². The van der Waals surface area contributed by atoms with Gasteiger partial charge in [0, 0.05) is 0 Å². The number of hydrogen-bond acceptors (Lipinski definition) is 5. The van der Waals surface area contributed by atoms with E-state index in [1.165, 1.54) is 0 Å². The van der Waals surface area contributed by atoms with E-state index in [0.29, 0.717) is 11.5 Å². The summed E-state index contributed by atoms with van der Waals surface area (Å²) < 4.78 is 10.1. The molecule has 0 saturated carbocycles. The van der Waals surface area contributed by atoms with E-state index in [1.54, 1.807) is 48.5 Å². The molecule has 0 radical (unpaired) electrons. The van der Waals surface area contributed by atoms with Crippen LogP contribution in [0.3, 0.4) is 0 Å². The van der Waals surface area contributed by atoms with Crippen molar-refractivity contribution in [3.05, 3.63) is 0 Å². The van der Waals surface area contributed by atoms with E-state index in [0.717, 1.165) is 0 Å². The van der Waals surface area contributed by atoms with Crippen LogP contribution in [0.1, 0.15) is 54.9 Å². The van der Waals surface area contributed by atoms with Crippen LogP contribution in [0.5, 0.6) is 0 Å². The molecule has 0 aliphatic rings. The summed E-state index contributed by atoms with van der Waals surface area (Å²) in [5, 5.41) is 12.5. The van der Waals surface area contributed by atoms with Crippen LogP contribution >= 0.6 is 0 Å². The summed E-state index contributed by atoms with van der Waals surface area (Å²) in [6, 6.07) is 0. The van der Waals surface area contributed by atoms with Gasteiger partial charge in [0.25, 0.3) is 0 Å². The van der Waals surface area contributed by atoms with Gasteiger partial charge in [-0.05, 0) is 48.0 Å². The normalized spacial score (nSPS) is 13.4. The lowest BCUT2D eigenvalue weighted by molar-refractivity contribution is -0.127. The molecule has 0 rings (SSSR count). The number of alkyl carbamates (subject to hydrolysis) is 1. The lowest BCUT2D eigenvalue weighted by Crippen LogP contribution is -2.51. The first-order chi connectivity index (χ1) is 8.85. The summed E-state index contributed by atoms with van der Waals surface area (Å²) in [5.41, 5.74) is -1.39. The number of carbonyl (C=O) groups is 2. The van der Waals surface area contributed by atoms with Crippen LogP contribution < -0.4 is 5.32 Å². The molecule has 118 valence electrons. The molecule has 20 heavy (non-hydrogen) atoms. The summed E-state index contributed by atoms with van der Waals surface area (Å²) in [7, 11) is 0. The Morgan fingerprint density at radius 1 is 1.10 bits per heavy atom. The summed E-state index contributed by atoms with van der Waals surface area (Å²) in [4.78, 5) is 23.3. The smallest absolute Gasteiger partial charge is 0.436 e. The predicted molar refractivity (Wildman–Crippen MR) is 73.3 cm³/mol. The van der Waals surface area contributed by atoms with Crippen LogP contribution in [0.15, 0.2) is 0 Å². The molecule has 0 aromatic carbocycles. The minimum atomic E-state index is -0.930. The average molecular weight is 290 g/mol. The predicted octanol–water partition coefficient (Wildman–Crippen LogP) is 2.87. The van der Waals surface area contributed by atoms with Gasteiger partial charge in [0.1, 0.15) is 17.4 Å². The van der Waals surface area contributed by atoms with Gasteiger partial charge < -0.3 is 9.47 Å². The molecular weight excluding hydrogens is 264 g/mol. The first kappa shape index (κ1) is 18.5. The molecule has 0 aliphatic carbocycles. The molecule has 7 nitrogen and oxygen atoms in total. The second-order valence-corrected chi connectivity index (χ2v) is 6.40. The summed E-state index contributed by atoms with van der Waals surface area (Å²) in [5.74, 6) is 0. The first-order valence-corrected chi connectivity index (χ1v) is 6.56. The molecule has 0 bridgehead atoms. The second kappa shape index (κ2) is 6.78. The minimum absolute atomic E-state index is 0.301. The third kappa shape index (κ3) is 7.83. The summed E-state index contributed by atoms with van der Waals surface area (Å²) in [6.07, 6.45) is -2.26. The van der Waals surface area contributed by atoms with Gasteiger partial charge in [-0.3, -0.25) is 10.5 Å². The SMILES string of the molecule is CCC(NC(=O)OC(C)(C)C)N(O)C(=O)OC(C)(C)C. The molecule has 0 aromatic heterocycles. The fourth-order valence-corrected chi connectivity index (χ4v) is 1.22. The maximum atomic E-state index is 11.7. The van der Waals surface area contributed by atoms with E-state index < -0.39 is 29.6 Å². The van der Waals surface area contributed by atoms with E-state index in [9.17, 15) is 14.8 Å². The van der Waals surface area contributed by atoms with Crippen molar-refractivity contribution in [3.8, 4) is 0 Å². The number of ether oxygens (including phenoxy) is 2. The number of amides is 2. The molecule has 0 heterocycles. The Kier molecular flexibility index (Phi) is 6.28. The molecule has 0 saturated heterocycles. The first-order valence-electron chi connectivity index (χ1n) is 6.56. The Balaban J connectivity index is 4.60. The van der Waals surface area contributed by atoms with Crippen molar-refractivity contribution >= 4 is 12.2 Å². The molecule has 0 fully saturated rings. The average Bonchev–Trinajstić information content (AvgIpc) is 2.19. The fourth-order valence-electron chi connectivity index (χ4n) is 1.22. The van der Waals surface area contributed by atoms with Crippen molar-refractivity contribution in [1.29, 1.82) is 0 Å². The monoisotopic (exact) mass is 290 g/mol. The molecule has 2 amide bonds. The Hall–Kier alpha value is -1.50. The van der Waals surface area contributed by atoms with Crippen molar-refractivity contribution in [3.63, 3.8) is 0 Å². The van der Waals surface area contributed by atoms with Gasteiger partial charge in [-0.2, -0.15) is 5.06 Å². The molecule has 2 N–H and O–H groups in total. The number of rotatable bonds is 3. The standard InChI is InChI=1S/C13H26N2O5/c1-8-9(14-10(16)19-12(2,3)4)15(18)11(17)20-13(5,6)7/h9,18H,8H2,1-7H3,(H,14,16). The van der Waals surface area contributed by atoms with Gasteiger partial charge in [0.05, 0.1) is 0 Å². The van der Waals surface area contributed by atoms with Crippen LogP contribution in [0.4, 0.5) is 9.59 Å². The van der Waals surface area contributed by atoms with Crippen molar-refractivity contribution in [1.82, 2.24) is 10.4 Å². The Bertz CT molecular complexity index is 344. The van der Waals surface area contributed by atoms with Crippen molar-refractivity contribution in [2.24, 2.45) is 0 Å². The van der Waals surface area contributed by atoms with Crippen LogP contribution in [0.2, 0.25) is 0 Å². The van der Waals surface area contributed by atoms with Gasteiger partial charge >= 0.3 is 12.2 Å². The van der Waals surface area contributed by atoms with E-state index >= 15 is 0 Å². The zero-order valence-electron chi connectivity index (χ0n) is 13.3. The van der Waals surface area contributed by atoms with Crippen LogP contribution in [-0.2, 0) is 9.47 Å². The topological polar surface area (TPSA) is 88.1 Å². The number of nitrogens with one attached hydrogen (secondary N) is 1. The van der Waals surface area contributed by atoms with Gasteiger partial charge in [-0.15, -0.1) is 0 Å². The van der Waals surface area contributed by atoms with Gasteiger partial charge in [-0.25, -0.2) is 9.59 Å². The Morgan fingerprint density at radius 3 is 1.90 bits per heavy atom. The highest BCUT2D eigenvalue weighted by Gasteiger charge is 2.28. The molecule has 0 spiro atoms. The number of carbonyl (C=O) groups excluding carboxylic acids is 2. The van der Waals surface area contributed by atoms with Gasteiger partial charge in [0.2, 0.25) is 0 Å². The van der Waals surface area contributed by atoms with Crippen molar-refractivity contribution in [2.45, 2.75) is 72.3 Å². The lowest BCUT2D eigenvalue weighted by atomic mass is 10.2. The molecule has 0 aromatic rings. The quantitative estimate of drug-likeness (QED) is 0.474. The van der Waals surface area contributed by atoms with E-state index in [4.69, 9.17) is 9.47 Å². The van der Waals surface area contributed by atoms with Crippen molar-refractivity contribution < 1.29 is 24.3 Å². The largest absolute Gasteiger partial charge is 0.444 e. The highest BCUT2D eigenvalue weighted by atomic mass is 16.6. The molecular formula is C13H26N2O5. The summed E-state index contributed by atoms with van der Waals surface area (Å²) >= 11 is 0. The van der Waals surface area contributed by atoms with E-state index in [1.807, 2.05) is 0 Å².